The van der Waals surface area contributed by atoms with Crippen molar-refractivity contribution >= 4 is 6.09 Å². The van der Waals surface area contributed by atoms with Crippen LogP contribution in [0.3, 0.4) is 0 Å². The maximum atomic E-state index is 11.9. The lowest BCUT2D eigenvalue weighted by Gasteiger charge is -2.39. The first-order valence-corrected chi connectivity index (χ1v) is 7.60. The van der Waals surface area contributed by atoms with Crippen LogP contribution in [0.25, 0.3) is 11.6 Å². The van der Waals surface area contributed by atoms with E-state index in [2.05, 4.69) is 15.1 Å². The molecule has 0 radical (unpaired) electrons. The third kappa shape index (κ3) is 3.52. The van der Waals surface area contributed by atoms with E-state index in [-0.39, 0.29) is 6.09 Å². The van der Waals surface area contributed by atoms with E-state index in [4.69, 9.17) is 9.26 Å². The van der Waals surface area contributed by atoms with Crippen LogP contribution >= 0.6 is 0 Å². The maximum Gasteiger partial charge on any atom is 0.410 e. The Balaban J connectivity index is 1.52. The lowest BCUT2D eigenvalue weighted by Crippen LogP contribution is -2.52. The summed E-state index contributed by atoms with van der Waals surface area (Å²) in [7, 11) is 1.88. The average Bonchev–Trinajstić information content (AvgIpc) is 2.99. The minimum Gasteiger partial charge on any atom is -0.444 e. The molecule has 2 aromatic rings. The normalized spacial score (nSPS) is 15.6. The predicted octanol–water partition coefficient (Wildman–Crippen LogP) is 1.88. The van der Waals surface area contributed by atoms with Crippen LogP contribution in [0.2, 0.25) is 0 Å². The number of hydrogen-bond donors (Lipinski definition) is 0. The van der Waals surface area contributed by atoms with Gasteiger partial charge in [0, 0.05) is 44.9 Å². The Morgan fingerprint density at radius 3 is 2.78 bits per heavy atom. The number of carbonyl (C=O) groups is 1. The van der Waals surface area contributed by atoms with Gasteiger partial charge in [-0.1, -0.05) is 5.16 Å². The average molecular weight is 319 g/mol. The van der Waals surface area contributed by atoms with Gasteiger partial charge in [-0.2, -0.15) is 4.98 Å². The van der Waals surface area contributed by atoms with Gasteiger partial charge >= 0.3 is 6.09 Å². The maximum absolute atomic E-state index is 11.9. The van der Waals surface area contributed by atoms with Crippen molar-refractivity contribution in [1.82, 2.24) is 24.6 Å². The van der Waals surface area contributed by atoms with Gasteiger partial charge < -0.3 is 18.7 Å². The molecule has 8 nitrogen and oxygen atoms in total. The second-order valence-corrected chi connectivity index (χ2v) is 6.83. The number of rotatable bonds is 3. The van der Waals surface area contributed by atoms with Crippen molar-refractivity contribution in [2.45, 2.75) is 32.8 Å². The third-order valence-corrected chi connectivity index (χ3v) is 3.56. The summed E-state index contributed by atoms with van der Waals surface area (Å²) >= 11 is 0. The Labute approximate surface area is 134 Å². The Hall–Kier alpha value is -2.38. The van der Waals surface area contributed by atoms with Gasteiger partial charge in [-0.25, -0.2) is 9.78 Å². The van der Waals surface area contributed by atoms with Crippen molar-refractivity contribution in [3.63, 3.8) is 0 Å². The molecule has 1 saturated heterocycles. The number of aryl methyl sites for hydroxylation is 1. The third-order valence-electron chi connectivity index (χ3n) is 3.56. The molecule has 1 amide bonds. The fraction of sp³-hybridized carbons (Fsp3) is 0.600. The highest BCUT2D eigenvalue weighted by molar-refractivity contribution is 5.69. The largest absolute Gasteiger partial charge is 0.444 e. The molecule has 3 heterocycles. The van der Waals surface area contributed by atoms with E-state index < -0.39 is 5.60 Å². The van der Waals surface area contributed by atoms with Gasteiger partial charge in [0.25, 0.3) is 0 Å². The summed E-state index contributed by atoms with van der Waals surface area (Å²) in [6.45, 7) is 6.88. The number of imidazole rings is 1. The number of ether oxygens (including phenoxy) is 1. The van der Waals surface area contributed by atoms with E-state index in [9.17, 15) is 4.79 Å². The van der Waals surface area contributed by atoms with Gasteiger partial charge in [0.1, 0.15) is 5.60 Å². The van der Waals surface area contributed by atoms with Crippen molar-refractivity contribution in [3.8, 4) is 11.6 Å². The second-order valence-electron chi connectivity index (χ2n) is 6.83. The fourth-order valence-electron chi connectivity index (χ4n) is 2.43. The molecule has 0 bridgehead atoms. The van der Waals surface area contributed by atoms with Gasteiger partial charge in [-0.3, -0.25) is 0 Å². The molecule has 8 heteroatoms. The Kier molecular flexibility index (Phi) is 3.83. The summed E-state index contributed by atoms with van der Waals surface area (Å²) in [5, 5.41) is 3.96. The van der Waals surface area contributed by atoms with Crippen LogP contribution in [0, 0.1) is 5.92 Å². The first-order valence-electron chi connectivity index (χ1n) is 7.60. The second kappa shape index (κ2) is 5.68. The van der Waals surface area contributed by atoms with Crippen LogP contribution in [-0.2, 0) is 18.2 Å². The lowest BCUT2D eigenvalue weighted by atomic mass is 9.97. The van der Waals surface area contributed by atoms with E-state index in [1.54, 1.807) is 11.1 Å². The molecular formula is C15H21N5O3. The summed E-state index contributed by atoms with van der Waals surface area (Å²) < 4.78 is 12.4. The van der Waals surface area contributed by atoms with Gasteiger partial charge in [-0.05, 0) is 20.8 Å². The van der Waals surface area contributed by atoms with Gasteiger partial charge in [0.15, 0.2) is 5.82 Å². The SMILES string of the molecule is Cn1ccnc1-c1noc(CC2CN(C(=O)OC(C)(C)C)C2)n1. The summed E-state index contributed by atoms with van der Waals surface area (Å²) in [6, 6.07) is 0. The van der Waals surface area contributed by atoms with E-state index in [1.165, 1.54) is 0 Å². The number of nitrogens with zero attached hydrogens (tertiary/aromatic N) is 5. The number of likely N-dealkylation sites (tertiary alicyclic amines) is 1. The van der Waals surface area contributed by atoms with Crippen LogP contribution in [-0.4, -0.2) is 49.4 Å². The molecule has 1 aliphatic heterocycles. The Bertz CT molecular complexity index is 694. The van der Waals surface area contributed by atoms with Crippen LogP contribution in [0.1, 0.15) is 26.7 Å². The van der Waals surface area contributed by atoms with E-state index >= 15 is 0 Å². The number of aromatic nitrogens is 4. The van der Waals surface area contributed by atoms with Crippen LogP contribution in [0.4, 0.5) is 4.79 Å². The zero-order valence-corrected chi connectivity index (χ0v) is 13.8. The van der Waals surface area contributed by atoms with Crippen LogP contribution < -0.4 is 0 Å². The van der Waals surface area contributed by atoms with Crippen molar-refractivity contribution in [3.05, 3.63) is 18.3 Å². The topological polar surface area (TPSA) is 86.3 Å². The molecule has 0 atom stereocenters. The quantitative estimate of drug-likeness (QED) is 0.858. The molecule has 0 aliphatic carbocycles. The highest BCUT2D eigenvalue weighted by Crippen LogP contribution is 2.23. The standard InChI is InChI=1S/C15H21N5O3/c1-15(2,3)22-14(21)20-8-10(9-20)7-11-17-12(18-23-11)13-16-5-6-19(13)4/h5-6,10H,7-9H2,1-4H3. The highest BCUT2D eigenvalue weighted by atomic mass is 16.6. The van der Waals surface area contributed by atoms with Crippen molar-refractivity contribution in [2.75, 3.05) is 13.1 Å². The molecule has 23 heavy (non-hydrogen) atoms. The zero-order valence-electron chi connectivity index (χ0n) is 13.8. The van der Waals surface area contributed by atoms with E-state index in [1.807, 2.05) is 38.6 Å². The number of hydrogen-bond acceptors (Lipinski definition) is 6. The van der Waals surface area contributed by atoms with Crippen molar-refractivity contribution < 1.29 is 14.1 Å². The minimum atomic E-state index is -0.467. The summed E-state index contributed by atoms with van der Waals surface area (Å²) in [5.41, 5.74) is -0.467. The monoisotopic (exact) mass is 319 g/mol. The van der Waals surface area contributed by atoms with E-state index in [0.29, 0.717) is 43.0 Å². The first kappa shape index (κ1) is 15.5. The predicted molar refractivity (Wildman–Crippen MR) is 81.5 cm³/mol. The molecule has 2 aromatic heterocycles. The minimum absolute atomic E-state index is 0.270. The Morgan fingerprint density at radius 2 is 2.17 bits per heavy atom. The molecule has 0 aromatic carbocycles. The van der Waals surface area contributed by atoms with Crippen molar-refractivity contribution in [2.24, 2.45) is 13.0 Å². The first-order chi connectivity index (χ1) is 10.8. The number of carbonyl (C=O) groups excluding carboxylic acids is 1. The molecule has 1 aliphatic rings. The molecule has 0 spiro atoms. The molecule has 124 valence electrons. The van der Waals surface area contributed by atoms with Gasteiger partial charge in [-0.15, -0.1) is 0 Å². The number of amides is 1. The van der Waals surface area contributed by atoms with E-state index in [0.717, 1.165) is 0 Å². The molecule has 1 fully saturated rings. The summed E-state index contributed by atoms with van der Waals surface area (Å²) in [4.78, 5) is 22.1. The van der Waals surface area contributed by atoms with Crippen molar-refractivity contribution in [1.29, 1.82) is 0 Å². The molecule has 3 rings (SSSR count). The lowest BCUT2D eigenvalue weighted by molar-refractivity contribution is -0.00186. The molecule has 0 saturated carbocycles. The zero-order chi connectivity index (χ0) is 16.6. The van der Waals surface area contributed by atoms with Gasteiger partial charge in [0.05, 0.1) is 0 Å². The fourth-order valence-corrected chi connectivity index (χ4v) is 2.43. The highest BCUT2D eigenvalue weighted by Gasteiger charge is 2.34. The van der Waals surface area contributed by atoms with Crippen LogP contribution in [0.15, 0.2) is 16.9 Å². The Morgan fingerprint density at radius 1 is 1.43 bits per heavy atom. The summed E-state index contributed by atoms with van der Waals surface area (Å²) in [6.07, 6.45) is 3.90. The smallest absolute Gasteiger partial charge is 0.410 e. The molecule has 0 unspecified atom stereocenters. The van der Waals surface area contributed by atoms with Gasteiger partial charge in [0.2, 0.25) is 11.7 Å². The molecular weight excluding hydrogens is 298 g/mol. The molecule has 0 N–H and O–H groups in total. The van der Waals surface area contributed by atoms with Crippen LogP contribution in [0.5, 0.6) is 0 Å². The summed E-state index contributed by atoms with van der Waals surface area (Å²) in [5.74, 6) is 2.04.